The van der Waals surface area contributed by atoms with Gasteiger partial charge in [0, 0.05) is 17.3 Å². The topological polar surface area (TPSA) is 6.48 Å². The van der Waals surface area contributed by atoms with Crippen molar-refractivity contribution in [1.29, 1.82) is 0 Å². The number of fused-ring (bicyclic) bond motifs is 1. The second kappa shape index (κ2) is 6.65. The Kier molecular flexibility index (Phi) is 4.39. The van der Waals surface area contributed by atoms with E-state index < -0.39 is 0 Å². The lowest BCUT2D eigenvalue weighted by Gasteiger charge is -2.47. The van der Waals surface area contributed by atoms with Crippen LogP contribution in [-0.2, 0) is 0 Å². The van der Waals surface area contributed by atoms with Gasteiger partial charge in [0.05, 0.1) is 12.2 Å². The first-order valence-electron chi connectivity index (χ1n) is 11.4. The summed E-state index contributed by atoms with van der Waals surface area (Å²) in [7, 11) is 0. The molecular formula is C25H36N2. The van der Waals surface area contributed by atoms with E-state index in [1.165, 1.54) is 62.6 Å². The first-order valence-corrected chi connectivity index (χ1v) is 11.4. The second-order valence-electron chi connectivity index (χ2n) is 9.86. The van der Waals surface area contributed by atoms with Crippen LogP contribution < -0.4 is 4.90 Å². The van der Waals surface area contributed by atoms with E-state index in [0.29, 0.717) is 18.2 Å². The van der Waals surface area contributed by atoms with Gasteiger partial charge in [0.15, 0.2) is 0 Å². The highest BCUT2D eigenvalue weighted by Crippen LogP contribution is 2.52. The number of nitrogens with zero attached hydrogens (tertiary/aromatic N) is 2. The lowest BCUT2D eigenvalue weighted by Crippen LogP contribution is -2.56. The van der Waals surface area contributed by atoms with Gasteiger partial charge in [-0.05, 0) is 69.9 Å². The third-order valence-corrected chi connectivity index (χ3v) is 8.41. The molecule has 146 valence electrons. The number of aryl methyl sites for hydroxylation is 1. The summed E-state index contributed by atoms with van der Waals surface area (Å²) < 4.78 is 0. The summed E-state index contributed by atoms with van der Waals surface area (Å²) >= 11 is 0. The van der Waals surface area contributed by atoms with Crippen LogP contribution in [0.5, 0.6) is 0 Å². The summed E-state index contributed by atoms with van der Waals surface area (Å²) in [6.45, 7) is 7.34. The third-order valence-electron chi connectivity index (χ3n) is 8.41. The SMILES string of the molecule is Cc1ccccc1N1C(C2CCCC2)N2C(C=CC2(C)C2CCCC2)[C@@H]1C. The smallest absolute Gasteiger partial charge is 0.0865 e. The lowest BCUT2D eigenvalue weighted by atomic mass is 9.82. The fraction of sp³-hybridized carbons (Fsp3) is 0.680. The van der Waals surface area contributed by atoms with Crippen LogP contribution in [-0.4, -0.2) is 28.7 Å². The Morgan fingerprint density at radius 1 is 0.963 bits per heavy atom. The van der Waals surface area contributed by atoms with E-state index in [1.807, 2.05) is 0 Å². The van der Waals surface area contributed by atoms with Crippen molar-refractivity contribution in [3.8, 4) is 0 Å². The Balaban J connectivity index is 1.59. The highest BCUT2D eigenvalue weighted by atomic mass is 15.5. The first kappa shape index (κ1) is 17.8. The molecule has 4 aliphatic rings. The second-order valence-corrected chi connectivity index (χ2v) is 9.86. The molecular weight excluding hydrogens is 328 g/mol. The minimum Gasteiger partial charge on any atom is -0.351 e. The molecule has 0 aromatic heterocycles. The van der Waals surface area contributed by atoms with E-state index in [2.05, 4.69) is 67.0 Å². The summed E-state index contributed by atoms with van der Waals surface area (Å²) in [4.78, 5) is 5.81. The van der Waals surface area contributed by atoms with Gasteiger partial charge in [-0.2, -0.15) is 0 Å². The molecule has 2 heterocycles. The Morgan fingerprint density at radius 2 is 1.63 bits per heavy atom. The summed E-state index contributed by atoms with van der Waals surface area (Å²) in [6, 6.07) is 10.2. The Labute approximate surface area is 165 Å². The molecule has 2 nitrogen and oxygen atoms in total. The van der Waals surface area contributed by atoms with Crippen molar-refractivity contribution in [3.05, 3.63) is 42.0 Å². The highest BCUT2D eigenvalue weighted by Gasteiger charge is 2.57. The van der Waals surface area contributed by atoms with Crippen LogP contribution in [0.15, 0.2) is 36.4 Å². The maximum Gasteiger partial charge on any atom is 0.0865 e. The number of anilines is 1. The molecule has 1 aromatic rings. The Bertz CT molecular complexity index is 713. The third kappa shape index (κ3) is 2.63. The van der Waals surface area contributed by atoms with Gasteiger partial charge >= 0.3 is 0 Å². The predicted octanol–water partition coefficient (Wildman–Crippen LogP) is 5.91. The van der Waals surface area contributed by atoms with Gasteiger partial charge in [-0.15, -0.1) is 0 Å². The zero-order chi connectivity index (χ0) is 18.6. The maximum atomic E-state index is 2.98. The van der Waals surface area contributed by atoms with E-state index in [4.69, 9.17) is 0 Å². The standard InChI is InChI=1S/C25H36N2/c1-18-10-4-9-15-22(18)26-19(2)23-16-17-25(3,21-13-7-8-14-21)27(23)24(26)20-11-5-6-12-20/h4,9-10,15-17,19-21,23-24H,5-8,11-14H2,1-3H3/t19-,23?,24?,25?/m0/s1. The summed E-state index contributed by atoms with van der Waals surface area (Å²) in [5.74, 6) is 1.66. The van der Waals surface area contributed by atoms with Crippen molar-refractivity contribution >= 4 is 5.69 Å². The van der Waals surface area contributed by atoms with Crippen LogP contribution in [0.1, 0.15) is 70.8 Å². The molecule has 0 bridgehead atoms. The molecule has 3 unspecified atom stereocenters. The normalized spacial score (nSPS) is 37.6. The van der Waals surface area contributed by atoms with Gasteiger partial charge in [-0.1, -0.05) is 56.0 Å². The molecule has 2 aliphatic carbocycles. The van der Waals surface area contributed by atoms with Crippen molar-refractivity contribution in [2.24, 2.45) is 11.8 Å². The summed E-state index contributed by atoms with van der Waals surface area (Å²) in [5.41, 5.74) is 3.15. The molecule has 0 N–H and O–H groups in total. The molecule has 1 aromatic carbocycles. The molecule has 0 spiro atoms. The van der Waals surface area contributed by atoms with Crippen LogP contribution in [0.2, 0.25) is 0 Å². The van der Waals surface area contributed by atoms with E-state index in [0.717, 1.165) is 11.8 Å². The number of rotatable bonds is 3. The molecule has 2 saturated carbocycles. The predicted molar refractivity (Wildman–Crippen MR) is 114 cm³/mol. The Morgan fingerprint density at radius 3 is 2.33 bits per heavy atom. The average molecular weight is 365 g/mol. The van der Waals surface area contributed by atoms with E-state index in [9.17, 15) is 0 Å². The van der Waals surface area contributed by atoms with Gasteiger partial charge in [0.25, 0.3) is 0 Å². The van der Waals surface area contributed by atoms with Crippen LogP contribution in [0.25, 0.3) is 0 Å². The van der Waals surface area contributed by atoms with Gasteiger partial charge in [-0.25, -0.2) is 0 Å². The van der Waals surface area contributed by atoms with Crippen LogP contribution in [0, 0.1) is 18.8 Å². The van der Waals surface area contributed by atoms with Gasteiger partial charge in [0.2, 0.25) is 0 Å². The minimum absolute atomic E-state index is 0.250. The molecule has 4 atom stereocenters. The van der Waals surface area contributed by atoms with Gasteiger partial charge in [-0.3, -0.25) is 4.90 Å². The highest BCUT2D eigenvalue weighted by molar-refractivity contribution is 5.57. The van der Waals surface area contributed by atoms with Crippen LogP contribution >= 0.6 is 0 Å². The summed E-state index contributed by atoms with van der Waals surface area (Å²) in [5, 5.41) is 0. The summed E-state index contributed by atoms with van der Waals surface area (Å²) in [6.07, 6.45) is 17.1. The lowest BCUT2D eigenvalue weighted by molar-refractivity contribution is 0.0467. The monoisotopic (exact) mass is 364 g/mol. The number of hydrogen-bond donors (Lipinski definition) is 0. The molecule has 0 radical (unpaired) electrons. The quantitative estimate of drug-likeness (QED) is 0.615. The molecule has 3 fully saturated rings. The first-order chi connectivity index (χ1) is 13.1. The van der Waals surface area contributed by atoms with E-state index in [1.54, 1.807) is 0 Å². The van der Waals surface area contributed by atoms with E-state index in [-0.39, 0.29) is 5.54 Å². The number of benzene rings is 1. The minimum atomic E-state index is 0.250. The zero-order valence-electron chi connectivity index (χ0n) is 17.4. The maximum absolute atomic E-state index is 2.98. The number of hydrogen-bond acceptors (Lipinski definition) is 2. The van der Waals surface area contributed by atoms with Gasteiger partial charge < -0.3 is 4.90 Å². The van der Waals surface area contributed by atoms with Crippen LogP contribution in [0.4, 0.5) is 5.69 Å². The molecule has 2 aliphatic heterocycles. The molecule has 27 heavy (non-hydrogen) atoms. The fourth-order valence-electron chi connectivity index (χ4n) is 6.97. The molecule has 0 amide bonds. The van der Waals surface area contributed by atoms with Crippen molar-refractivity contribution in [2.75, 3.05) is 4.90 Å². The number of para-hydroxylation sites is 1. The molecule has 2 heteroatoms. The Hall–Kier alpha value is -1.28. The van der Waals surface area contributed by atoms with Gasteiger partial charge in [0.1, 0.15) is 0 Å². The van der Waals surface area contributed by atoms with Crippen LogP contribution in [0.3, 0.4) is 0 Å². The molecule has 5 rings (SSSR count). The van der Waals surface area contributed by atoms with Crippen molar-refractivity contribution in [1.82, 2.24) is 4.90 Å². The van der Waals surface area contributed by atoms with E-state index >= 15 is 0 Å². The van der Waals surface area contributed by atoms with Crippen molar-refractivity contribution in [2.45, 2.75) is 95.9 Å². The zero-order valence-corrected chi connectivity index (χ0v) is 17.4. The van der Waals surface area contributed by atoms with Crippen molar-refractivity contribution in [3.63, 3.8) is 0 Å². The fourth-order valence-corrected chi connectivity index (χ4v) is 6.97. The average Bonchev–Trinajstić information content (AvgIpc) is 3.43. The molecule has 1 saturated heterocycles. The largest absolute Gasteiger partial charge is 0.351 e. The van der Waals surface area contributed by atoms with Crippen molar-refractivity contribution < 1.29 is 0 Å².